The zero-order valence-electron chi connectivity index (χ0n) is 29.7. The molecule has 3 aromatic carbocycles. The van der Waals surface area contributed by atoms with Crippen molar-refractivity contribution in [2.75, 3.05) is 26.8 Å². The fourth-order valence-electron chi connectivity index (χ4n) is 8.44. The third kappa shape index (κ3) is 7.96. The number of carbonyl (C=O) groups excluding carboxylic acids is 2. The molecule has 3 N–H and O–H groups in total. The lowest BCUT2D eigenvalue weighted by molar-refractivity contribution is -0.144. The van der Waals surface area contributed by atoms with Crippen molar-refractivity contribution in [1.82, 2.24) is 9.80 Å². The van der Waals surface area contributed by atoms with E-state index in [0.29, 0.717) is 28.6 Å². The lowest BCUT2D eigenvalue weighted by Gasteiger charge is -2.38. The fraction of sp³-hybridized carbons (Fsp3) is 0.429. The van der Waals surface area contributed by atoms with Gasteiger partial charge in [0.15, 0.2) is 11.5 Å². The van der Waals surface area contributed by atoms with Crippen LogP contribution >= 0.6 is 22.6 Å². The van der Waals surface area contributed by atoms with Crippen LogP contribution in [-0.2, 0) is 16.1 Å². The predicted molar refractivity (Wildman–Crippen MR) is 208 cm³/mol. The number of likely N-dealkylation sites (tertiary alicyclic amines) is 2. The van der Waals surface area contributed by atoms with Crippen molar-refractivity contribution in [1.29, 1.82) is 0 Å². The second-order valence-corrected chi connectivity index (χ2v) is 15.6. The largest absolute Gasteiger partial charge is 0.504 e. The number of phenolic OH excluding ortho intramolecular Hbond substituents is 1. The average Bonchev–Trinajstić information content (AvgIpc) is 3.39. The number of nitrogens with zero attached hydrogens (tertiary/aromatic N) is 2. The Balaban J connectivity index is 1.22. The Morgan fingerprint density at radius 3 is 2.29 bits per heavy atom. The van der Waals surface area contributed by atoms with Crippen LogP contribution in [0.25, 0.3) is 11.6 Å². The number of aromatic hydroxyl groups is 1. The number of hydrogen-bond acceptors (Lipinski definition) is 7. The van der Waals surface area contributed by atoms with E-state index in [1.165, 1.54) is 17.6 Å². The maximum Gasteiger partial charge on any atom is 0.234 e. The van der Waals surface area contributed by atoms with Gasteiger partial charge < -0.3 is 20.1 Å². The minimum absolute atomic E-state index is 0.0403. The molecule has 2 heterocycles. The molecule has 2 saturated heterocycles. The fourth-order valence-corrected chi connectivity index (χ4v) is 9.07. The smallest absolute Gasteiger partial charge is 0.234 e. The Labute approximate surface area is 315 Å². The van der Waals surface area contributed by atoms with Crippen molar-refractivity contribution in [2.45, 2.75) is 64.6 Å². The molecular formula is C42H49IN2O6. The molecule has 0 radical (unpaired) electrons. The summed E-state index contributed by atoms with van der Waals surface area (Å²) in [6.45, 7) is 6.28. The first kappa shape index (κ1) is 37.3. The molecule has 1 aliphatic carbocycles. The number of phenols is 1. The van der Waals surface area contributed by atoms with Gasteiger partial charge in [-0.05, 0) is 101 Å². The Morgan fingerprint density at radius 1 is 1.00 bits per heavy atom. The summed E-state index contributed by atoms with van der Waals surface area (Å²) in [5.74, 6) is -1.61. The lowest BCUT2D eigenvalue weighted by Crippen LogP contribution is -2.47. The lowest BCUT2D eigenvalue weighted by atomic mass is 9.66. The average molecular weight is 805 g/mol. The molecule has 9 heteroatoms. The summed E-state index contributed by atoms with van der Waals surface area (Å²) >= 11 is 2.09. The van der Waals surface area contributed by atoms with Gasteiger partial charge in [-0.25, -0.2) is 0 Å². The number of methoxy groups -OCH3 is 1. The van der Waals surface area contributed by atoms with Crippen LogP contribution in [0.15, 0.2) is 83.9 Å². The van der Waals surface area contributed by atoms with Crippen LogP contribution in [0.4, 0.5) is 0 Å². The second kappa shape index (κ2) is 16.4. The quantitative estimate of drug-likeness (QED) is 0.0790. The van der Waals surface area contributed by atoms with Gasteiger partial charge in [0.2, 0.25) is 11.8 Å². The zero-order chi connectivity index (χ0) is 36.2. The normalized spacial score (nSPS) is 22.5. The second-order valence-electron chi connectivity index (χ2n) is 14.4. The van der Waals surface area contributed by atoms with E-state index in [-0.39, 0.29) is 36.1 Å². The maximum atomic E-state index is 14.2. The van der Waals surface area contributed by atoms with Crippen LogP contribution in [0.5, 0.6) is 11.5 Å². The molecule has 51 heavy (non-hydrogen) atoms. The molecule has 3 aliphatic rings. The highest BCUT2D eigenvalue weighted by atomic mass is 127. The summed E-state index contributed by atoms with van der Waals surface area (Å²) < 4.78 is 6.07. The number of aliphatic hydroxyl groups excluding tert-OH is 2. The van der Waals surface area contributed by atoms with E-state index in [2.05, 4.69) is 53.5 Å². The highest BCUT2D eigenvalue weighted by molar-refractivity contribution is 14.1. The van der Waals surface area contributed by atoms with E-state index in [0.717, 1.165) is 60.3 Å². The number of halogens is 1. The number of rotatable bonds is 12. The van der Waals surface area contributed by atoms with Crippen molar-refractivity contribution in [3.8, 4) is 11.5 Å². The van der Waals surface area contributed by atoms with Gasteiger partial charge in [-0.3, -0.25) is 19.4 Å². The Hall–Kier alpha value is -3.51. The third-order valence-corrected chi connectivity index (χ3v) is 11.8. The Kier molecular flexibility index (Phi) is 12.0. The molecule has 0 aromatic heterocycles. The van der Waals surface area contributed by atoms with E-state index in [1.807, 2.05) is 60.7 Å². The molecule has 0 bridgehead atoms. The molecule has 0 saturated carbocycles. The number of fused-ring (bicyclic) bond motifs is 1. The summed E-state index contributed by atoms with van der Waals surface area (Å²) in [5.41, 5.74) is 5.82. The van der Waals surface area contributed by atoms with E-state index >= 15 is 0 Å². The number of amides is 2. The van der Waals surface area contributed by atoms with Crippen LogP contribution in [-0.4, -0.2) is 75.9 Å². The van der Waals surface area contributed by atoms with E-state index in [4.69, 9.17) is 4.74 Å². The first-order valence-corrected chi connectivity index (χ1v) is 19.2. The number of carbonyl (C=O) groups is 2. The molecule has 2 fully saturated rings. The van der Waals surface area contributed by atoms with Gasteiger partial charge in [-0.15, -0.1) is 0 Å². The van der Waals surface area contributed by atoms with Crippen molar-refractivity contribution in [2.24, 2.45) is 23.7 Å². The minimum Gasteiger partial charge on any atom is -0.504 e. The standard InChI is InChI=1S/C42H49IN2O6/c1-26(2)32-23-33-39(42(50)45(41(33)49)31-16-18-44(19-17-31)24-27-10-6-4-7-11-27)34(25-46)38(32)36(47)15-14-30(29-12-8-5-9-13-29)20-28-21-35(43)40(48)37(22-28)51-3/h4-13,20-22,26,31,33-34,36,39,46-48H,14-19,23-25H2,1-3H3/b30-20-/t33-,34+,36-,39-/m1/s1. The van der Waals surface area contributed by atoms with Gasteiger partial charge in [0, 0.05) is 31.6 Å². The number of benzene rings is 3. The summed E-state index contributed by atoms with van der Waals surface area (Å²) in [7, 11) is 1.52. The number of imide groups is 1. The highest BCUT2D eigenvalue weighted by Gasteiger charge is 2.56. The number of piperidine rings is 1. The topological polar surface area (TPSA) is 111 Å². The summed E-state index contributed by atoms with van der Waals surface area (Å²) in [4.78, 5) is 32.2. The molecule has 2 aliphatic heterocycles. The molecule has 6 rings (SSSR count). The molecule has 2 amide bonds. The highest BCUT2D eigenvalue weighted by Crippen LogP contribution is 2.49. The number of allylic oxidation sites excluding steroid dienone is 2. The van der Waals surface area contributed by atoms with Crippen LogP contribution in [0.1, 0.15) is 62.6 Å². The van der Waals surface area contributed by atoms with Gasteiger partial charge in [-0.1, -0.05) is 86.2 Å². The number of hydrogen-bond donors (Lipinski definition) is 3. The molecule has 0 spiro atoms. The Morgan fingerprint density at radius 2 is 1.67 bits per heavy atom. The van der Waals surface area contributed by atoms with Crippen LogP contribution in [0.3, 0.4) is 0 Å². The first-order valence-electron chi connectivity index (χ1n) is 18.1. The summed E-state index contributed by atoms with van der Waals surface area (Å²) in [6, 6.07) is 23.9. The van der Waals surface area contributed by atoms with Crippen LogP contribution in [0.2, 0.25) is 0 Å². The van der Waals surface area contributed by atoms with Crippen molar-refractivity contribution in [3.05, 3.63) is 104 Å². The molecule has 270 valence electrons. The maximum absolute atomic E-state index is 14.2. The Bertz CT molecular complexity index is 1770. The van der Waals surface area contributed by atoms with Gasteiger partial charge in [-0.2, -0.15) is 0 Å². The van der Waals surface area contributed by atoms with Crippen molar-refractivity contribution in [3.63, 3.8) is 0 Å². The first-order chi connectivity index (χ1) is 24.6. The molecule has 4 atom stereocenters. The SMILES string of the molecule is COc1cc(/C=C(/CC[C@@H](O)C2=C(C(C)C)C[C@H]3C(=O)N(C4CCN(Cc5ccccc5)CC4)C(=O)[C@H]3[C@H]2CO)c2ccccc2)cc(I)c1O. The van der Waals surface area contributed by atoms with Gasteiger partial charge in [0.1, 0.15) is 0 Å². The molecule has 8 nitrogen and oxygen atoms in total. The van der Waals surface area contributed by atoms with Crippen LogP contribution in [0, 0.1) is 27.2 Å². The molecule has 3 aromatic rings. The van der Waals surface area contributed by atoms with Gasteiger partial charge >= 0.3 is 0 Å². The van der Waals surface area contributed by atoms with Gasteiger partial charge in [0.25, 0.3) is 0 Å². The zero-order valence-corrected chi connectivity index (χ0v) is 31.8. The monoisotopic (exact) mass is 804 g/mol. The number of ether oxygens (including phenoxy) is 1. The summed E-state index contributed by atoms with van der Waals surface area (Å²) in [6.07, 6.45) is 3.92. The third-order valence-electron chi connectivity index (χ3n) is 11.0. The minimum atomic E-state index is -0.903. The van der Waals surface area contributed by atoms with Crippen LogP contribution < -0.4 is 4.74 Å². The van der Waals surface area contributed by atoms with E-state index < -0.39 is 23.9 Å². The van der Waals surface area contributed by atoms with E-state index in [1.54, 1.807) is 6.07 Å². The molecular weight excluding hydrogens is 755 g/mol. The summed E-state index contributed by atoms with van der Waals surface area (Å²) in [5, 5.41) is 33.3. The van der Waals surface area contributed by atoms with Gasteiger partial charge in [0.05, 0.1) is 35.2 Å². The van der Waals surface area contributed by atoms with E-state index in [9.17, 15) is 24.9 Å². The molecule has 0 unspecified atom stereocenters. The predicted octanol–water partition coefficient (Wildman–Crippen LogP) is 6.92. The number of aliphatic hydroxyl groups is 2. The van der Waals surface area contributed by atoms with Crippen molar-refractivity contribution < 1.29 is 29.6 Å². The van der Waals surface area contributed by atoms with Crippen molar-refractivity contribution >= 4 is 46.1 Å².